The van der Waals surface area contributed by atoms with Gasteiger partial charge in [-0.2, -0.15) is 0 Å². The third kappa shape index (κ3) is 4.95. The standard InChI is InChI=1S/C19H27N3O3/c1-14-6-5-9-16(10-14)22-12-17(25-13-18(22)23)11-20-19(24)21-15-7-3-2-4-8-15/h5-6,9-10,15,17H,2-4,7-8,11-13H2,1H3,(H2,20,21,24). The largest absolute Gasteiger partial charge is 0.365 e. The van der Waals surface area contributed by atoms with Crippen LogP contribution in [0.4, 0.5) is 10.5 Å². The first-order valence-electron chi connectivity index (χ1n) is 9.15. The molecule has 1 saturated heterocycles. The van der Waals surface area contributed by atoms with E-state index in [0.717, 1.165) is 24.1 Å². The molecule has 0 bridgehead atoms. The average Bonchev–Trinajstić information content (AvgIpc) is 2.62. The number of nitrogens with one attached hydrogen (secondary N) is 2. The van der Waals surface area contributed by atoms with Crippen molar-refractivity contribution in [3.8, 4) is 0 Å². The molecule has 1 unspecified atom stereocenters. The Balaban J connectivity index is 1.49. The van der Waals surface area contributed by atoms with Crippen LogP contribution in [-0.4, -0.2) is 43.8 Å². The Bertz CT molecular complexity index is 614. The topological polar surface area (TPSA) is 70.7 Å². The second-order valence-corrected chi connectivity index (χ2v) is 6.97. The molecule has 1 aliphatic carbocycles. The maximum atomic E-state index is 12.2. The van der Waals surface area contributed by atoms with Crippen LogP contribution in [0.5, 0.6) is 0 Å². The summed E-state index contributed by atoms with van der Waals surface area (Å²) >= 11 is 0. The van der Waals surface area contributed by atoms with Gasteiger partial charge in [0.15, 0.2) is 0 Å². The number of hydrogen-bond acceptors (Lipinski definition) is 3. The van der Waals surface area contributed by atoms with Crippen molar-refractivity contribution >= 4 is 17.6 Å². The Kier molecular flexibility index (Phi) is 5.91. The maximum Gasteiger partial charge on any atom is 0.315 e. The number of aryl methyl sites for hydroxylation is 1. The first-order valence-corrected chi connectivity index (χ1v) is 9.15. The number of morpholine rings is 1. The zero-order valence-electron chi connectivity index (χ0n) is 14.8. The SMILES string of the molecule is Cc1cccc(N2CC(CNC(=O)NC3CCCCC3)OCC2=O)c1. The lowest BCUT2D eigenvalue weighted by Crippen LogP contribution is -2.52. The van der Waals surface area contributed by atoms with Gasteiger partial charge >= 0.3 is 6.03 Å². The van der Waals surface area contributed by atoms with Crippen molar-refractivity contribution in [2.24, 2.45) is 0 Å². The number of benzene rings is 1. The molecule has 3 rings (SSSR count). The summed E-state index contributed by atoms with van der Waals surface area (Å²) in [7, 11) is 0. The van der Waals surface area contributed by atoms with Crippen LogP contribution < -0.4 is 15.5 Å². The highest BCUT2D eigenvalue weighted by atomic mass is 16.5. The van der Waals surface area contributed by atoms with Crippen molar-refractivity contribution in [2.75, 3.05) is 24.6 Å². The Morgan fingerprint density at radius 1 is 1.28 bits per heavy atom. The number of carbonyl (C=O) groups excluding carboxylic acids is 2. The molecule has 0 aromatic heterocycles. The maximum absolute atomic E-state index is 12.2. The van der Waals surface area contributed by atoms with Gasteiger partial charge < -0.3 is 20.3 Å². The van der Waals surface area contributed by atoms with Gasteiger partial charge in [0.25, 0.3) is 5.91 Å². The second kappa shape index (κ2) is 8.34. The lowest BCUT2D eigenvalue weighted by atomic mass is 9.96. The molecule has 136 valence electrons. The summed E-state index contributed by atoms with van der Waals surface area (Å²) < 4.78 is 5.58. The van der Waals surface area contributed by atoms with Crippen molar-refractivity contribution in [3.05, 3.63) is 29.8 Å². The summed E-state index contributed by atoms with van der Waals surface area (Å²) in [5.74, 6) is -0.0477. The lowest BCUT2D eigenvalue weighted by molar-refractivity contribution is -0.129. The molecule has 25 heavy (non-hydrogen) atoms. The number of anilines is 1. The molecule has 1 aliphatic heterocycles. The Labute approximate surface area is 148 Å². The fourth-order valence-corrected chi connectivity index (χ4v) is 3.48. The highest BCUT2D eigenvalue weighted by Crippen LogP contribution is 2.20. The van der Waals surface area contributed by atoms with Crippen molar-refractivity contribution in [1.29, 1.82) is 0 Å². The molecule has 0 radical (unpaired) electrons. The summed E-state index contributed by atoms with van der Waals surface area (Å²) in [6.45, 7) is 2.90. The first kappa shape index (κ1) is 17.7. The van der Waals surface area contributed by atoms with Crippen LogP contribution in [0.15, 0.2) is 24.3 Å². The van der Waals surface area contributed by atoms with E-state index in [1.54, 1.807) is 4.90 Å². The minimum absolute atomic E-state index is 0.0462. The third-order valence-corrected chi connectivity index (χ3v) is 4.87. The van der Waals surface area contributed by atoms with Gasteiger partial charge in [0.05, 0.1) is 12.6 Å². The molecule has 1 aromatic carbocycles. The third-order valence-electron chi connectivity index (χ3n) is 4.87. The summed E-state index contributed by atoms with van der Waals surface area (Å²) in [6.07, 6.45) is 5.55. The highest BCUT2D eigenvalue weighted by molar-refractivity contribution is 5.95. The molecular formula is C19H27N3O3. The van der Waals surface area contributed by atoms with Crippen molar-refractivity contribution in [2.45, 2.75) is 51.2 Å². The first-order chi connectivity index (χ1) is 12.1. The highest BCUT2D eigenvalue weighted by Gasteiger charge is 2.28. The average molecular weight is 345 g/mol. The molecule has 0 spiro atoms. The molecule has 6 heteroatoms. The second-order valence-electron chi connectivity index (χ2n) is 6.97. The number of ether oxygens (including phenoxy) is 1. The van der Waals surface area contributed by atoms with Gasteiger partial charge in [-0.3, -0.25) is 4.79 Å². The fraction of sp³-hybridized carbons (Fsp3) is 0.579. The number of rotatable bonds is 4. The monoisotopic (exact) mass is 345 g/mol. The predicted molar refractivity (Wildman–Crippen MR) is 96.7 cm³/mol. The number of urea groups is 1. The van der Waals surface area contributed by atoms with Gasteiger partial charge in [-0.15, -0.1) is 0 Å². The smallest absolute Gasteiger partial charge is 0.315 e. The van der Waals surface area contributed by atoms with Gasteiger partial charge in [0.1, 0.15) is 6.61 Å². The van der Waals surface area contributed by atoms with Crippen molar-refractivity contribution in [1.82, 2.24) is 10.6 Å². The van der Waals surface area contributed by atoms with Crippen molar-refractivity contribution in [3.63, 3.8) is 0 Å². The molecule has 3 amide bonds. The van der Waals surface area contributed by atoms with E-state index >= 15 is 0 Å². The Hall–Kier alpha value is -2.08. The van der Waals surface area contributed by atoms with Crippen LogP contribution in [0.25, 0.3) is 0 Å². The molecule has 2 fully saturated rings. The Morgan fingerprint density at radius 3 is 2.84 bits per heavy atom. The number of amides is 3. The summed E-state index contributed by atoms with van der Waals surface area (Å²) in [6, 6.07) is 8.00. The van der Waals surface area contributed by atoms with E-state index in [-0.39, 0.29) is 30.7 Å². The van der Waals surface area contributed by atoms with Crippen LogP contribution in [0, 0.1) is 6.92 Å². The quantitative estimate of drug-likeness (QED) is 0.880. The number of carbonyl (C=O) groups is 2. The van der Waals surface area contributed by atoms with Crippen LogP contribution in [0.3, 0.4) is 0 Å². The predicted octanol–water partition coefficient (Wildman–Crippen LogP) is 2.36. The summed E-state index contributed by atoms with van der Waals surface area (Å²) in [5.41, 5.74) is 1.99. The van der Waals surface area contributed by atoms with Gasteiger partial charge in [-0.05, 0) is 37.5 Å². The van der Waals surface area contributed by atoms with E-state index in [2.05, 4.69) is 10.6 Å². The minimum Gasteiger partial charge on any atom is -0.365 e. The van der Waals surface area contributed by atoms with E-state index in [1.807, 2.05) is 31.2 Å². The van der Waals surface area contributed by atoms with Gasteiger partial charge in [0.2, 0.25) is 0 Å². The molecule has 6 nitrogen and oxygen atoms in total. The summed E-state index contributed by atoms with van der Waals surface area (Å²) in [4.78, 5) is 25.9. The van der Waals surface area contributed by atoms with Gasteiger partial charge in [-0.25, -0.2) is 4.79 Å². The van der Waals surface area contributed by atoms with E-state index in [4.69, 9.17) is 4.74 Å². The van der Waals surface area contributed by atoms with E-state index < -0.39 is 0 Å². The van der Waals surface area contributed by atoms with Crippen molar-refractivity contribution < 1.29 is 14.3 Å². The molecule has 1 heterocycles. The van der Waals surface area contributed by atoms with Gasteiger partial charge in [-0.1, -0.05) is 31.4 Å². The van der Waals surface area contributed by atoms with Crippen LogP contribution in [0.2, 0.25) is 0 Å². The molecule has 1 atom stereocenters. The zero-order chi connectivity index (χ0) is 17.6. The van der Waals surface area contributed by atoms with E-state index in [1.165, 1.54) is 19.3 Å². The normalized spacial score (nSPS) is 21.9. The number of nitrogens with zero attached hydrogens (tertiary/aromatic N) is 1. The molecule has 2 aliphatic rings. The summed E-state index contributed by atoms with van der Waals surface area (Å²) in [5, 5.41) is 5.92. The minimum atomic E-state index is -0.199. The number of hydrogen-bond donors (Lipinski definition) is 2. The molecular weight excluding hydrogens is 318 g/mol. The molecule has 1 aromatic rings. The van der Waals surface area contributed by atoms with Crippen LogP contribution in [-0.2, 0) is 9.53 Å². The van der Waals surface area contributed by atoms with Crippen LogP contribution in [0.1, 0.15) is 37.7 Å². The Morgan fingerprint density at radius 2 is 2.08 bits per heavy atom. The fourth-order valence-electron chi connectivity index (χ4n) is 3.48. The lowest BCUT2D eigenvalue weighted by Gasteiger charge is -2.33. The van der Waals surface area contributed by atoms with Gasteiger partial charge in [0, 0.05) is 18.3 Å². The molecule has 2 N–H and O–H groups in total. The van der Waals surface area contributed by atoms with E-state index in [9.17, 15) is 9.59 Å². The molecule has 1 saturated carbocycles. The zero-order valence-corrected chi connectivity index (χ0v) is 14.8. The van der Waals surface area contributed by atoms with Crippen LogP contribution >= 0.6 is 0 Å². The van der Waals surface area contributed by atoms with E-state index in [0.29, 0.717) is 13.1 Å².